The van der Waals surface area contributed by atoms with Crippen LogP contribution in [0.15, 0.2) is 26.4 Å². The van der Waals surface area contributed by atoms with Crippen molar-refractivity contribution >= 4 is 26.8 Å². The second-order valence-corrected chi connectivity index (χ2v) is 25.5. The zero-order valence-corrected chi connectivity index (χ0v) is 29.9. The van der Waals surface area contributed by atoms with Gasteiger partial charge in [-0.2, -0.15) is 8.42 Å². The Hall–Kier alpha value is -1.56. The van der Waals surface area contributed by atoms with Gasteiger partial charge in [0.2, 0.25) is 0 Å². The van der Waals surface area contributed by atoms with E-state index in [0.717, 1.165) is 4.57 Å². The lowest BCUT2D eigenvalue weighted by atomic mass is 9.88. The lowest BCUT2D eigenvalue weighted by Gasteiger charge is -2.44. The van der Waals surface area contributed by atoms with Crippen molar-refractivity contribution in [2.75, 3.05) is 13.7 Å². The third-order valence-electron chi connectivity index (χ3n) is 9.47. The van der Waals surface area contributed by atoms with Gasteiger partial charge in [-0.15, -0.1) is 0 Å². The van der Waals surface area contributed by atoms with Crippen LogP contribution in [-0.2, 0) is 34.9 Å². The SMILES string of the molecule is CNC1=C(C)S(=O)(=O)O[C@@]12[C@@H](CO[Si](C)(C)C(C)(C)C)O[C@@H](n1cc(C)c(=O)n(C)c1=O)[C@@H]2O[Si](C)(C)C(C)(C)C. The highest BCUT2D eigenvalue weighted by molar-refractivity contribution is 7.91. The van der Waals surface area contributed by atoms with E-state index in [1.54, 1.807) is 14.0 Å². The summed E-state index contributed by atoms with van der Waals surface area (Å²) in [7, 11) is -6.11. The molecule has 1 saturated heterocycles. The fourth-order valence-corrected chi connectivity index (χ4v) is 8.30. The van der Waals surface area contributed by atoms with E-state index < -0.39 is 62.0 Å². The van der Waals surface area contributed by atoms with Gasteiger partial charge in [0.05, 0.1) is 17.2 Å². The molecule has 41 heavy (non-hydrogen) atoms. The van der Waals surface area contributed by atoms with E-state index in [-0.39, 0.29) is 21.6 Å². The minimum absolute atomic E-state index is 0.0117. The predicted octanol–water partition coefficient (Wildman–Crippen LogP) is 3.71. The van der Waals surface area contributed by atoms with E-state index in [2.05, 4.69) is 60.0 Å². The second kappa shape index (κ2) is 10.6. The molecule has 3 heterocycles. The van der Waals surface area contributed by atoms with Crippen LogP contribution in [0.5, 0.6) is 0 Å². The molecule has 2 aliphatic heterocycles. The van der Waals surface area contributed by atoms with Crippen LogP contribution < -0.4 is 16.6 Å². The number of hydrogen-bond acceptors (Lipinski definition) is 9. The maximum absolute atomic E-state index is 13.5. The Morgan fingerprint density at radius 3 is 2.05 bits per heavy atom. The fourth-order valence-electron chi connectivity index (χ4n) is 4.74. The molecule has 14 heteroatoms. The van der Waals surface area contributed by atoms with E-state index in [9.17, 15) is 18.0 Å². The highest BCUT2D eigenvalue weighted by Crippen LogP contribution is 2.54. The summed E-state index contributed by atoms with van der Waals surface area (Å²) in [5.41, 5.74) is -2.06. The molecule has 1 N–H and O–H groups in total. The lowest BCUT2D eigenvalue weighted by Crippen LogP contribution is -2.59. The first-order valence-corrected chi connectivity index (χ1v) is 21.2. The summed E-state index contributed by atoms with van der Waals surface area (Å²) in [5, 5.41) is 2.68. The summed E-state index contributed by atoms with van der Waals surface area (Å²) in [4.78, 5) is 26.1. The minimum atomic E-state index is -4.17. The third kappa shape index (κ3) is 5.61. The molecule has 1 aromatic rings. The van der Waals surface area contributed by atoms with Crippen LogP contribution in [0.25, 0.3) is 0 Å². The lowest BCUT2D eigenvalue weighted by molar-refractivity contribution is -0.0572. The average molecular weight is 632 g/mol. The molecule has 4 atom stereocenters. The molecule has 0 saturated carbocycles. The van der Waals surface area contributed by atoms with Crippen molar-refractivity contribution in [3.8, 4) is 0 Å². The molecule has 1 aromatic heterocycles. The number of ether oxygens (including phenoxy) is 1. The number of nitrogens with one attached hydrogen (secondary N) is 1. The molecule has 0 aromatic carbocycles. The quantitative estimate of drug-likeness (QED) is 0.354. The summed E-state index contributed by atoms with van der Waals surface area (Å²) < 4.78 is 55.5. The molecule has 0 unspecified atom stereocenters. The van der Waals surface area contributed by atoms with E-state index in [0.29, 0.717) is 11.3 Å². The zero-order chi connectivity index (χ0) is 31.7. The number of likely N-dealkylation sites (N-methyl/N-ethyl adjacent to an activating group) is 1. The van der Waals surface area contributed by atoms with Crippen LogP contribution in [0.1, 0.15) is 60.3 Å². The number of allylic oxidation sites excluding steroid dienone is 1. The first-order valence-electron chi connectivity index (χ1n) is 14.0. The molecule has 11 nitrogen and oxygen atoms in total. The largest absolute Gasteiger partial charge is 0.414 e. The summed E-state index contributed by atoms with van der Waals surface area (Å²) in [6, 6.07) is 0. The molecular weight excluding hydrogens is 583 g/mol. The summed E-state index contributed by atoms with van der Waals surface area (Å²) in [6.45, 7) is 24.0. The van der Waals surface area contributed by atoms with Gasteiger partial charge in [0, 0.05) is 25.9 Å². The van der Waals surface area contributed by atoms with Gasteiger partial charge >= 0.3 is 5.69 Å². The molecule has 0 radical (unpaired) electrons. The van der Waals surface area contributed by atoms with Gasteiger partial charge in [0.1, 0.15) is 12.2 Å². The first kappa shape index (κ1) is 33.9. The molecular formula is C27H49N3O8SSi2. The number of nitrogens with zero attached hydrogens (tertiary/aromatic N) is 2. The Kier molecular flexibility index (Phi) is 8.74. The van der Waals surface area contributed by atoms with Crippen molar-refractivity contribution in [2.24, 2.45) is 7.05 Å². The highest BCUT2D eigenvalue weighted by atomic mass is 32.2. The van der Waals surface area contributed by atoms with Crippen molar-refractivity contribution < 1.29 is 26.2 Å². The topological polar surface area (TPSA) is 127 Å². The van der Waals surface area contributed by atoms with Gasteiger partial charge in [-0.05, 0) is 50.1 Å². The van der Waals surface area contributed by atoms with Crippen molar-refractivity contribution in [3.05, 3.63) is 43.2 Å². The predicted molar refractivity (Wildman–Crippen MR) is 164 cm³/mol. The molecule has 3 rings (SSSR count). The van der Waals surface area contributed by atoms with Crippen LogP contribution in [0.4, 0.5) is 0 Å². The van der Waals surface area contributed by atoms with Gasteiger partial charge in [0.15, 0.2) is 28.5 Å². The number of aryl methyl sites for hydroxylation is 1. The molecule has 1 spiro atoms. The fraction of sp³-hybridized carbons (Fsp3) is 0.778. The van der Waals surface area contributed by atoms with Crippen molar-refractivity contribution in [3.63, 3.8) is 0 Å². The summed E-state index contributed by atoms with van der Waals surface area (Å²) >= 11 is 0. The van der Waals surface area contributed by atoms with Gasteiger partial charge in [-0.25, -0.2) is 8.98 Å². The van der Waals surface area contributed by atoms with E-state index in [1.165, 1.54) is 24.7 Å². The standard InChI is InChI=1S/C27H49N3O8SSi2/c1-17-15-30(24(32)29(10)22(17)31)23-21(37-41(13,14)26(6,7)8)27(20(28-9)18(2)39(33,34)38-27)19(36-23)16-35-40(11,12)25(3,4)5/h15,19,21,23,28H,16H2,1-14H3/t19-,21+,23-,27+/m1/s1. The Morgan fingerprint density at radius 1 is 1.02 bits per heavy atom. The molecule has 234 valence electrons. The summed E-state index contributed by atoms with van der Waals surface area (Å²) in [6.07, 6.45) is -1.70. The van der Waals surface area contributed by atoms with E-state index >= 15 is 0 Å². The van der Waals surface area contributed by atoms with Gasteiger partial charge in [-0.1, -0.05) is 41.5 Å². The first-order chi connectivity index (χ1) is 18.4. The molecule has 0 bridgehead atoms. The third-order valence-corrected chi connectivity index (χ3v) is 19.9. The van der Waals surface area contributed by atoms with Crippen LogP contribution in [0, 0.1) is 6.92 Å². The highest BCUT2D eigenvalue weighted by Gasteiger charge is 2.69. The van der Waals surface area contributed by atoms with Crippen LogP contribution in [0.2, 0.25) is 36.3 Å². The monoisotopic (exact) mass is 631 g/mol. The molecule has 0 aliphatic carbocycles. The van der Waals surface area contributed by atoms with Gasteiger partial charge in [-0.3, -0.25) is 13.9 Å². The number of rotatable bonds is 7. The maximum atomic E-state index is 13.5. The number of hydrogen-bond donors (Lipinski definition) is 1. The Balaban J connectivity index is 2.36. The van der Waals surface area contributed by atoms with Gasteiger partial charge in [0.25, 0.3) is 15.7 Å². The van der Waals surface area contributed by atoms with Crippen molar-refractivity contribution in [1.29, 1.82) is 0 Å². The Morgan fingerprint density at radius 2 is 1.56 bits per heavy atom. The summed E-state index contributed by atoms with van der Waals surface area (Å²) in [5.74, 6) is 0. The zero-order valence-electron chi connectivity index (χ0n) is 27.1. The van der Waals surface area contributed by atoms with Crippen molar-refractivity contribution in [2.45, 2.75) is 116 Å². The minimum Gasteiger partial charge on any atom is -0.414 e. The van der Waals surface area contributed by atoms with Crippen LogP contribution in [-0.4, -0.2) is 65.7 Å². The van der Waals surface area contributed by atoms with Crippen LogP contribution in [0.3, 0.4) is 0 Å². The number of aromatic nitrogens is 2. The molecule has 2 aliphatic rings. The van der Waals surface area contributed by atoms with Gasteiger partial charge < -0.3 is 18.9 Å². The van der Waals surface area contributed by atoms with E-state index in [1.807, 2.05) is 13.1 Å². The maximum Gasteiger partial charge on any atom is 0.332 e. The average Bonchev–Trinajstić information content (AvgIpc) is 3.21. The molecule has 0 amide bonds. The van der Waals surface area contributed by atoms with Crippen molar-refractivity contribution in [1.82, 2.24) is 14.5 Å². The Labute approximate surface area is 246 Å². The Bertz CT molecular complexity index is 1450. The van der Waals surface area contributed by atoms with E-state index in [4.69, 9.17) is 17.8 Å². The van der Waals surface area contributed by atoms with Crippen LogP contribution >= 0.6 is 0 Å². The molecule has 1 fully saturated rings. The normalized spacial score (nSPS) is 27.2. The smallest absolute Gasteiger partial charge is 0.332 e. The second-order valence-electron chi connectivity index (χ2n) is 14.3.